The molecule has 34 heavy (non-hydrogen) atoms. The van der Waals surface area contributed by atoms with Gasteiger partial charge in [0.1, 0.15) is 18.0 Å². The summed E-state index contributed by atoms with van der Waals surface area (Å²) >= 11 is 0. The normalized spacial score (nSPS) is 14.9. The summed E-state index contributed by atoms with van der Waals surface area (Å²) in [6.07, 6.45) is 0. The second kappa shape index (κ2) is 9.49. The molecule has 1 aliphatic heterocycles. The second-order valence-corrected chi connectivity index (χ2v) is 9.68. The molecule has 0 N–H and O–H groups in total. The van der Waals surface area contributed by atoms with E-state index in [1.807, 2.05) is 6.92 Å². The first kappa shape index (κ1) is 23.8. The average Bonchev–Trinajstić information content (AvgIpc) is 3.19. The molecular weight excluding hydrogens is 464 g/mol. The Morgan fingerprint density at radius 3 is 2.65 bits per heavy atom. The van der Waals surface area contributed by atoms with Gasteiger partial charge in [0.15, 0.2) is 0 Å². The van der Waals surface area contributed by atoms with E-state index in [2.05, 4.69) is 4.98 Å². The third-order valence-corrected chi connectivity index (χ3v) is 7.59. The Balaban J connectivity index is 1.61. The molecule has 0 atom stereocenters. The number of nitro benzene ring substituents is 1. The Labute approximate surface area is 196 Å². The van der Waals surface area contributed by atoms with E-state index >= 15 is 0 Å². The van der Waals surface area contributed by atoms with Gasteiger partial charge in [0.05, 0.1) is 34.1 Å². The minimum Gasteiger partial charge on any atom is -0.454 e. The van der Waals surface area contributed by atoms with Crippen LogP contribution in [0.2, 0.25) is 0 Å². The molecule has 0 saturated carbocycles. The number of benzene rings is 2. The number of ether oxygens (including phenoxy) is 2. The highest BCUT2D eigenvalue weighted by atomic mass is 32.2. The monoisotopic (exact) mass is 488 g/mol. The fourth-order valence-corrected chi connectivity index (χ4v) is 5.42. The molecule has 0 spiro atoms. The minimum atomic E-state index is -3.69. The first-order chi connectivity index (χ1) is 16.2. The molecule has 1 saturated heterocycles. The maximum atomic E-state index is 13.0. The van der Waals surface area contributed by atoms with Gasteiger partial charge in [-0.15, -0.1) is 0 Å². The number of aryl methyl sites for hydroxylation is 2. The molecule has 4 rings (SSSR count). The number of nitrogens with zero attached hydrogens (tertiary/aromatic N) is 4. The van der Waals surface area contributed by atoms with Crippen LogP contribution in [-0.4, -0.2) is 59.5 Å². The van der Waals surface area contributed by atoms with Crippen molar-refractivity contribution < 1.29 is 27.6 Å². The number of hydrogen-bond donors (Lipinski definition) is 0. The van der Waals surface area contributed by atoms with Crippen LogP contribution in [-0.2, 0) is 32.6 Å². The van der Waals surface area contributed by atoms with Crippen LogP contribution in [0, 0.1) is 17.0 Å². The molecule has 11 nitrogen and oxygen atoms in total. The van der Waals surface area contributed by atoms with Crippen LogP contribution in [0.5, 0.6) is 0 Å². The van der Waals surface area contributed by atoms with E-state index < -0.39 is 20.9 Å². The van der Waals surface area contributed by atoms with E-state index in [-0.39, 0.29) is 35.8 Å². The molecular formula is C22H24N4O7S. The van der Waals surface area contributed by atoms with E-state index in [4.69, 9.17) is 9.47 Å². The van der Waals surface area contributed by atoms with E-state index in [1.165, 1.54) is 22.5 Å². The van der Waals surface area contributed by atoms with Gasteiger partial charge in [-0.05, 0) is 38.1 Å². The van der Waals surface area contributed by atoms with Crippen LogP contribution in [0.3, 0.4) is 0 Å². The van der Waals surface area contributed by atoms with Gasteiger partial charge in [-0.1, -0.05) is 12.1 Å². The Kier molecular flexibility index (Phi) is 6.64. The minimum absolute atomic E-state index is 0.126. The zero-order chi connectivity index (χ0) is 24.5. The molecule has 0 amide bonds. The fourth-order valence-electron chi connectivity index (χ4n) is 3.99. The smallest absolute Gasteiger partial charge is 0.345 e. The van der Waals surface area contributed by atoms with Crippen molar-refractivity contribution in [2.24, 2.45) is 0 Å². The lowest BCUT2D eigenvalue weighted by Gasteiger charge is -2.26. The zero-order valence-corrected chi connectivity index (χ0v) is 19.6. The van der Waals surface area contributed by atoms with Gasteiger partial charge in [-0.3, -0.25) is 10.1 Å². The molecule has 180 valence electrons. The number of nitro groups is 1. The summed E-state index contributed by atoms with van der Waals surface area (Å²) in [6.45, 7) is 4.99. The summed E-state index contributed by atoms with van der Waals surface area (Å²) in [6, 6.07) is 9.16. The lowest BCUT2D eigenvalue weighted by atomic mass is 10.1. The summed E-state index contributed by atoms with van der Waals surface area (Å²) in [7, 11) is -3.69. The van der Waals surface area contributed by atoms with Gasteiger partial charge in [0.25, 0.3) is 5.69 Å². The Morgan fingerprint density at radius 2 is 1.97 bits per heavy atom. The lowest BCUT2D eigenvalue weighted by molar-refractivity contribution is -0.385. The van der Waals surface area contributed by atoms with Crippen LogP contribution in [0.1, 0.15) is 28.7 Å². The van der Waals surface area contributed by atoms with E-state index in [0.717, 1.165) is 0 Å². The van der Waals surface area contributed by atoms with Crippen molar-refractivity contribution in [3.63, 3.8) is 0 Å². The van der Waals surface area contributed by atoms with E-state index in [9.17, 15) is 23.3 Å². The number of aromatic nitrogens is 2. The summed E-state index contributed by atoms with van der Waals surface area (Å²) in [5, 5.41) is 11.4. The van der Waals surface area contributed by atoms with E-state index in [1.54, 1.807) is 29.7 Å². The van der Waals surface area contributed by atoms with Gasteiger partial charge in [0, 0.05) is 25.2 Å². The Bertz CT molecular complexity index is 1360. The van der Waals surface area contributed by atoms with Crippen molar-refractivity contribution in [1.82, 2.24) is 13.9 Å². The molecule has 12 heteroatoms. The highest BCUT2D eigenvalue weighted by Gasteiger charge is 2.28. The molecule has 2 heterocycles. The largest absolute Gasteiger partial charge is 0.454 e. The summed E-state index contributed by atoms with van der Waals surface area (Å²) in [5.41, 5.74) is 1.06. The summed E-state index contributed by atoms with van der Waals surface area (Å²) in [5.74, 6) is -0.428. The topological polar surface area (TPSA) is 134 Å². The maximum absolute atomic E-state index is 13.0. The number of esters is 1. The molecule has 2 aromatic carbocycles. The standard InChI is InChI=1S/C22H24N4O7S/c1-3-25-19-8-7-16(34(30,31)24-9-11-32-12-10-24)13-18(19)23-20(25)14-33-22(27)17-6-4-5-15(2)21(17)26(28)29/h4-8,13H,3,9-12,14H2,1-2H3. The van der Waals surface area contributed by atoms with Crippen LogP contribution >= 0.6 is 0 Å². The first-order valence-electron chi connectivity index (χ1n) is 10.7. The fraction of sp³-hybridized carbons (Fsp3) is 0.364. The highest BCUT2D eigenvalue weighted by Crippen LogP contribution is 2.26. The van der Waals surface area contributed by atoms with Crippen molar-refractivity contribution in [2.45, 2.75) is 31.9 Å². The summed E-state index contributed by atoms with van der Waals surface area (Å²) in [4.78, 5) is 28.0. The number of hydrogen-bond acceptors (Lipinski definition) is 8. The van der Waals surface area contributed by atoms with Crippen LogP contribution < -0.4 is 0 Å². The first-order valence-corrected chi connectivity index (χ1v) is 12.2. The van der Waals surface area contributed by atoms with Crippen molar-refractivity contribution in [2.75, 3.05) is 26.3 Å². The van der Waals surface area contributed by atoms with Crippen LogP contribution in [0.15, 0.2) is 41.3 Å². The maximum Gasteiger partial charge on any atom is 0.345 e. The molecule has 1 aliphatic rings. The Morgan fingerprint density at radius 1 is 1.24 bits per heavy atom. The molecule has 1 fully saturated rings. The molecule has 1 aromatic heterocycles. The average molecular weight is 489 g/mol. The number of para-hydroxylation sites is 1. The quantitative estimate of drug-likeness (QED) is 0.281. The van der Waals surface area contributed by atoms with Crippen molar-refractivity contribution in [3.8, 4) is 0 Å². The van der Waals surface area contributed by atoms with E-state index in [0.29, 0.717) is 42.2 Å². The van der Waals surface area contributed by atoms with Gasteiger partial charge in [-0.25, -0.2) is 18.2 Å². The zero-order valence-electron chi connectivity index (χ0n) is 18.8. The van der Waals surface area contributed by atoms with Crippen LogP contribution in [0.4, 0.5) is 5.69 Å². The molecule has 0 aliphatic carbocycles. The second-order valence-electron chi connectivity index (χ2n) is 7.74. The van der Waals surface area contributed by atoms with Crippen molar-refractivity contribution in [3.05, 3.63) is 63.5 Å². The lowest BCUT2D eigenvalue weighted by Crippen LogP contribution is -2.40. The van der Waals surface area contributed by atoms with Gasteiger partial charge in [-0.2, -0.15) is 4.31 Å². The SMILES string of the molecule is CCn1c(COC(=O)c2cccc(C)c2[N+](=O)[O-])nc2cc(S(=O)(=O)N3CCOCC3)ccc21. The third-order valence-electron chi connectivity index (χ3n) is 5.70. The van der Waals surface area contributed by atoms with Crippen molar-refractivity contribution >= 4 is 32.7 Å². The predicted molar refractivity (Wildman–Crippen MR) is 122 cm³/mol. The van der Waals surface area contributed by atoms with Crippen LogP contribution in [0.25, 0.3) is 11.0 Å². The number of fused-ring (bicyclic) bond motifs is 1. The molecule has 3 aromatic rings. The Hall–Kier alpha value is -3.35. The van der Waals surface area contributed by atoms with Crippen molar-refractivity contribution in [1.29, 1.82) is 0 Å². The van der Waals surface area contributed by atoms with Gasteiger partial charge in [0.2, 0.25) is 10.0 Å². The number of carbonyl (C=O) groups excluding carboxylic acids is 1. The number of imidazole rings is 1. The molecule has 0 radical (unpaired) electrons. The van der Waals surface area contributed by atoms with Gasteiger partial charge >= 0.3 is 5.97 Å². The number of carbonyl (C=O) groups is 1. The molecule has 0 bridgehead atoms. The highest BCUT2D eigenvalue weighted by molar-refractivity contribution is 7.89. The summed E-state index contributed by atoms with van der Waals surface area (Å²) < 4.78 is 39.8. The van der Waals surface area contributed by atoms with Gasteiger partial charge < -0.3 is 14.0 Å². The number of sulfonamides is 1. The number of morpholine rings is 1. The molecule has 0 unspecified atom stereocenters. The predicted octanol–water partition coefficient (Wildman–Crippen LogP) is 2.65. The third kappa shape index (κ3) is 4.39. The number of rotatable bonds is 7.